The first kappa shape index (κ1) is 14.3. The smallest absolute Gasteiger partial charge is 0.385 e. The maximum atomic E-state index is 11.9. The Labute approximate surface area is 102 Å². The second-order valence-corrected chi connectivity index (χ2v) is 3.81. The van der Waals surface area contributed by atoms with Gasteiger partial charge in [-0.1, -0.05) is 6.07 Å². The summed E-state index contributed by atoms with van der Waals surface area (Å²) >= 11 is 0. The maximum Gasteiger partial charge on any atom is 0.389 e. The molecule has 1 aromatic carbocycles. The number of nitrogens with zero attached hydrogens (tertiary/aromatic N) is 1. The summed E-state index contributed by atoms with van der Waals surface area (Å²) in [6.45, 7) is 0.358. The van der Waals surface area contributed by atoms with Gasteiger partial charge in [0.25, 0.3) is 5.69 Å². The number of alkyl halides is 3. The molecule has 0 saturated carbocycles. The van der Waals surface area contributed by atoms with Crippen LogP contribution in [0.5, 0.6) is 0 Å². The molecule has 1 N–H and O–H groups in total. The van der Waals surface area contributed by atoms with Crippen LogP contribution in [0.1, 0.15) is 19.3 Å². The number of rotatable bonds is 6. The van der Waals surface area contributed by atoms with Crippen molar-refractivity contribution in [3.8, 4) is 0 Å². The standard InChI is InChI=1S/C11H13F3N2O2/c12-11(13,14)6-1-2-7-15-9-4-3-5-10(8-9)16(17)18/h3-5,8,15H,1-2,6-7H2. The van der Waals surface area contributed by atoms with Crippen LogP contribution in [0, 0.1) is 10.1 Å². The van der Waals surface area contributed by atoms with E-state index in [1.807, 2.05) is 0 Å². The molecule has 0 atom stereocenters. The molecule has 0 fully saturated rings. The van der Waals surface area contributed by atoms with E-state index in [0.717, 1.165) is 0 Å². The van der Waals surface area contributed by atoms with Gasteiger partial charge in [0.15, 0.2) is 0 Å². The molecule has 0 aliphatic heterocycles. The van der Waals surface area contributed by atoms with E-state index >= 15 is 0 Å². The molecule has 100 valence electrons. The van der Waals surface area contributed by atoms with Gasteiger partial charge in [-0.15, -0.1) is 0 Å². The van der Waals surface area contributed by atoms with E-state index in [2.05, 4.69) is 5.32 Å². The SMILES string of the molecule is O=[N+]([O-])c1cccc(NCCCCC(F)(F)F)c1. The molecule has 0 aliphatic rings. The zero-order chi connectivity index (χ0) is 13.6. The quantitative estimate of drug-likeness (QED) is 0.482. The van der Waals surface area contributed by atoms with E-state index in [1.165, 1.54) is 18.2 Å². The van der Waals surface area contributed by atoms with E-state index in [1.54, 1.807) is 6.07 Å². The van der Waals surface area contributed by atoms with E-state index < -0.39 is 17.5 Å². The molecule has 0 aromatic heterocycles. The molecular weight excluding hydrogens is 249 g/mol. The Hall–Kier alpha value is -1.79. The number of nitro groups is 1. The first-order valence-electron chi connectivity index (χ1n) is 5.43. The normalized spacial score (nSPS) is 11.3. The number of hydrogen-bond donors (Lipinski definition) is 1. The predicted octanol–water partition coefficient (Wildman–Crippen LogP) is 3.74. The van der Waals surface area contributed by atoms with Crippen LogP contribution < -0.4 is 5.32 Å². The van der Waals surface area contributed by atoms with E-state index in [-0.39, 0.29) is 12.1 Å². The molecule has 18 heavy (non-hydrogen) atoms. The third-order valence-electron chi connectivity index (χ3n) is 2.27. The summed E-state index contributed by atoms with van der Waals surface area (Å²) in [5.41, 5.74) is 0.492. The topological polar surface area (TPSA) is 55.2 Å². The minimum absolute atomic E-state index is 0.0460. The second kappa shape index (κ2) is 6.23. The van der Waals surface area contributed by atoms with Crippen LogP contribution in [-0.2, 0) is 0 Å². The van der Waals surface area contributed by atoms with Crippen LogP contribution in [0.15, 0.2) is 24.3 Å². The minimum Gasteiger partial charge on any atom is -0.385 e. The minimum atomic E-state index is -4.12. The first-order valence-corrected chi connectivity index (χ1v) is 5.43. The number of nitrogens with one attached hydrogen (secondary N) is 1. The lowest BCUT2D eigenvalue weighted by Gasteiger charge is -2.07. The molecule has 0 unspecified atom stereocenters. The van der Waals surface area contributed by atoms with Gasteiger partial charge in [-0.25, -0.2) is 0 Å². The third kappa shape index (κ3) is 5.51. The van der Waals surface area contributed by atoms with Gasteiger partial charge in [-0.2, -0.15) is 13.2 Å². The molecule has 0 aliphatic carbocycles. The van der Waals surface area contributed by atoms with Crippen molar-refractivity contribution >= 4 is 11.4 Å². The average Bonchev–Trinajstić information content (AvgIpc) is 2.27. The Morgan fingerprint density at radius 3 is 2.61 bits per heavy atom. The van der Waals surface area contributed by atoms with Crippen molar-refractivity contribution in [2.75, 3.05) is 11.9 Å². The molecule has 0 heterocycles. The lowest BCUT2D eigenvalue weighted by molar-refractivity contribution is -0.384. The van der Waals surface area contributed by atoms with Gasteiger partial charge in [-0.3, -0.25) is 10.1 Å². The highest BCUT2D eigenvalue weighted by atomic mass is 19.4. The van der Waals surface area contributed by atoms with Crippen molar-refractivity contribution in [3.05, 3.63) is 34.4 Å². The van der Waals surface area contributed by atoms with E-state index in [0.29, 0.717) is 18.7 Å². The van der Waals surface area contributed by atoms with Crippen molar-refractivity contribution in [3.63, 3.8) is 0 Å². The van der Waals surface area contributed by atoms with Crippen molar-refractivity contribution in [2.45, 2.75) is 25.4 Å². The van der Waals surface area contributed by atoms with Gasteiger partial charge >= 0.3 is 6.18 Å². The second-order valence-electron chi connectivity index (χ2n) is 3.81. The Balaban J connectivity index is 2.31. The molecular formula is C11H13F3N2O2. The van der Waals surface area contributed by atoms with Crippen LogP contribution in [0.3, 0.4) is 0 Å². The van der Waals surface area contributed by atoms with Crippen molar-refractivity contribution < 1.29 is 18.1 Å². The number of unbranched alkanes of at least 4 members (excludes halogenated alkanes) is 1. The predicted molar refractivity (Wildman–Crippen MR) is 61.5 cm³/mol. The molecule has 0 spiro atoms. The average molecular weight is 262 g/mol. The number of nitro benzene ring substituents is 1. The molecule has 0 amide bonds. The zero-order valence-corrected chi connectivity index (χ0v) is 9.54. The number of hydrogen-bond acceptors (Lipinski definition) is 3. The largest absolute Gasteiger partial charge is 0.389 e. The van der Waals surface area contributed by atoms with Crippen LogP contribution in [0.4, 0.5) is 24.5 Å². The van der Waals surface area contributed by atoms with Gasteiger partial charge in [0, 0.05) is 30.8 Å². The maximum absolute atomic E-state index is 11.9. The summed E-state index contributed by atoms with van der Waals surface area (Å²) in [6.07, 6.45) is -4.51. The van der Waals surface area contributed by atoms with Gasteiger partial charge in [-0.05, 0) is 18.9 Å². The Bertz CT molecular complexity index is 408. The number of anilines is 1. The van der Waals surface area contributed by atoms with Crippen molar-refractivity contribution in [1.82, 2.24) is 0 Å². The monoisotopic (exact) mass is 262 g/mol. The molecule has 1 aromatic rings. The fourth-order valence-corrected chi connectivity index (χ4v) is 1.41. The van der Waals surface area contributed by atoms with Crippen molar-refractivity contribution in [1.29, 1.82) is 0 Å². The molecule has 4 nitrogen and oxygen atoms in total. The highest BCUT2D eigenvalue weighted by Gasteiger charge is 2.25. The van der Waals surface area contributed by atoms with Gasteiger partial charge in [0.1, 0.15) is 0 Å². The lowest BCUT2D eigenvalue weighted by atomic mass is 10.2. The summed E-state index contributed by atoms with van der Waals surface area (Å²) < 4.78 is 35.6. The molecule has 0 saturated heterocycles. The summed E-state index contributed by atoms with van der Waals surface area (Å²) in [5.74, 6) is 0. The summed E-state index contributed by atoms with van der Waals surface area (Å²) in [4.78, 5) is 9.97. The lowest BCUT2D eigenvalue weighted by Crippen LogP contribution is -2.08. The van der Waals surface area contributed by atoms with Crippen LogP contribution >= 0.6 is 0 Å². The fraction of sp³-hybridized carbons (Fsp3) is 0.455. The first-order chi connectivity index (χ1) is 8.38. The summed E-state index contributed by atoms with van der Waals surface area (Å²) in [6, 6.07) is 5.87. The molecule has 1 rings (SSSR count). The van der Waals surface area contributed by atoms with Gasteiger partial charge in [0.05, 0.1) is 4.92 Å². The Morgan fingerprint density at radius 2 is 2.00 bits per heavy atom. The summed E-state index contributed by atoms with van der Waals surface area (Å²) in [5, 5.41) is 13.3. The van der Waals surface area contributed by atoms with Crippen molar-refractivity contribution in [2.24, 2.45) is 0 Å². The molecule has 0 radical (unpaired) electrons. The molecule has 0 bridgehead atoms. The Morgan fingerprint density at radius 1 is 1.28 bits per heavy atom. The van der Waals surface area contributed by atoms with Crippen LogP contribution in [0.2, 0.25) is 0 Å². The molecule has 7 heteroatoms. The third-order valence-corrected chi connectivity index (χ3v) is 2.27. The fourth-order valence-electron chi connectivity index (χ4n) is 1.41. The van der Waals surface area contributed by atoms with Crippen LogP contribution in [0.25, 0.3) is 0 Å². The number of halogens is 3. The summed E-state index contributed by atoms with van der Waals surface area (Å²) in [7, 11) is 0. The number of non-ortho nitro benzene ring substituents is 1. The van der Waals surface area contributed by atoms with E-state index in [9.17, 15) is 23.3 Å². The zero-order valence-electron chi connectivity index (χ0n) is 9.54. The highest BCUT2D eigenvalue weighted by Crippen LogP contribution is 2.22. The van der Waals surface area contributed by atoms with Gasteiger partial charge < -0.3 is 5.32 Å². The number of benzene rings is 1. The van der Waals surface area contributed by atoms with Crippen LogP contribution in [-0.4, -0.2) is 17.6 Å². The highest BCUT2D eigenvalue weighted by molar-refractivity contribution is 5.50. The van der Waals surface area contributed by atoms with Gasteiger partial charge in [0.2, 0.25) is 0 Å². The van der Waals surface area contributed by atoms with E-state index in [4.69, 9.17) is 0 Å². The Kier molecular flexibility index (Phi) is 4.94.